The van der Waals surface area contributed by atoms with Crippen LogP contribution in [0.5, 0.6) is 5.75 Å². The maximum absolute atomic E-state index is 11.8. The Labute approximate surface area is 207 Å². The number of carboxylic acid groups (broad SMARTS) is 1. The Morgan fingerprint density at radius 2 is 1.74 bits per heavy atom. The fourth-order valence-electron chi connectivity index (χ4n) is 5.30. The second kappa shape index (κ2) is 8.89. The summed E-state index contributed by atoms with van der Waals surface area (Å²) >= 11 is 6.24. The van der Waals surface area contributed by atoms with Crippen molar-refractivity contribution >= 4 is 28.5 Å². The fraction of sp³-hybridized carbons (Fsp3) is 0.296. The van der Waals surface area contributed by atoms with Crippen LogP contribution in [0.25, 0.3) is 16.5 Å². The highest BCUT2D eigenvalue weighted by Gasteiger charge is 2.32. The van der Waals surface area contributed by atoms with Crippen molar-refractivity contribution in [2.24, 2.45) is 0 Å². The topological polar surface area (TPSA) is 80.5 Å². The van der Waals surface area contributed by atoms with Gasteiger partial charge in [0.05, 0.1) is 24.9 Å². The van der Waals surface area contributed by atoms with E-state index in [2.05, 4.69) is 34.5 Å². The van der Waals surface area contributed by atoms with Gasteiger partial charge in [-0.15, -0.1) is 10.2 Å². The minimum absolute atomic E-state index is 0.160. The Hall–Kier alpha value is -3.58. The molecule has 1 fully saturated rings. The first kappa shape index (κ1) is 21.9. The second-order valence-electron chi connectivity index (χ2n) is 9.32. The Kier molecular flexibility index (Phi) is 5.57. The molecule has 1 aliphatic heterocycles. The van der Waals surface area contributed by atoms with Crippen molar-refractivity contribution in [3.63, 3.8) is 0 Å². The van der Waals surface area contributed by atoms with Crippen LogP contribution in [0.15, 0.2) is 60.7 Å². The van der Waals surface area contributed by atoms with Crippen molar-refractivity contribution in [2.45, 2.75) is 50.8 Å². The first-order valence-electron chi connectivity index (χ1n) is 11.9. The molecule has 1 N–H and O–H groups in total. The monoisotopic (exact) mass is 488 g/mol. The van der Waals surface area contributed by atoms with E-state index in [0.717, 1.165) is 48.5 Å². The van der Waals surface area contributed by atoms with Crippen LogP contribution in [0.3, 0.4) is 0 Å². The zero-order valence-corrected chi connectivity index (χ0v) is 19.9. The molecule has 1 amide bonds. The summed E-state index contributed by atoms with van der Waals surface area (Å²) in [6.45, 7) is 0.454. The predicted molar refractivity (Wildman–Crippen MR) is 133 cm³/mol. The van der Waals surface area contributed by atoms with Crippen molar-refractivity contribution in [2.75, 3.05) is 0 Å². The number of carbonyl (C=O) groups is 1. The lowest BCUT2D eigenvalue weighted by molar-refractivity contribution is 0.138. The van der Waals surface area contributed by atoms with Gasteiger partial charge in [-0.3, -0.25) is 9.47 Å². The van der Waals surface area contributed by atoms with Gasteiger partial charge in [-0.1, -0.05) is 41.9 Å². The summed E-state index contributed by atoms with van der Waals surface area (Å²) in [5, 5.41) is 21.6. The maximum atomic E-state index is 11.8. The molecule has 0 unspecified atom stereocenters. The number of amides is 1. The number of hydrogen-bond donors (Lipinski definition) is 1. The van der Waals surface area contributed by atoms with E-state index in [-0.39, 0.29) is 25.1 Å². The van der Waals surface area contributed by atoms with Gasteiger partial charge in [0.2, 0.25) is 0 Å². The van der Waals surface area contributed by atoms with E-state index >= 15 is 0 Å². The van der Waals surface area contributed by atoms with Gasteiger partial charge < -0.3 is 9.84 Å². The molecule has 3 aromatic carbocycles. The molecule has 1 aliphatic carbocycles. The Balaban J connectivity index is 1.22. The normalized spacial score (nSPS) is 19.6. The van der Waals surface area contributed by atoms with Gasteiger partial charge in [0.1, 0.15) is 11.6 Å². The van der Waals surface area contributed by atoms with Gasteiger partial charge in [0, 0.05) is 10.9 Å². The van der Waals surface area contributed by atoms with Crippen LogP contribution in [0.1, 0.15) is 48.8 Å². The van der Waals surface area contributed by atoms with Crippen molar-refractivity contribution in [1.29, 1.82) is 0 Å². The SMILES string of the molecule is O=C(O)N1Cc2cc(Cl)ccc2-n2c(nnc2C2CCC(Oc3ccc4ccccc4c3)CC2)C1. The highest BCUT2D eigenvalue weighted by molar-refractivity contribution is 6.30. The van der Waals surface area contributed by atoms with E-state index in [9.17, 15) is 9.90 Å². The van der Waals surface area contributed by atoms with Gasteiger partial charge in [-0.05, 0) is 72.4 Å². The molecule has 0 saturated heterocycles. The maximum Gasteiger partial charge on any atom is 0.408 e. The molecule has 7 nitrogen and oxygen atoms in total. The molecule has 178 valence electrons. The molecule has 0 bridgehead atoms. The van der Waals surface area contributed by atoms with E-state index in [0.29, 0.717) is 10.8 Å². The number of benzene rings is 3. The Morgan fingerprint density at radius 3 is 2.54 bits per heavy atom. The molecule has 0 spiro atoms. The van der Waals surface area contributed by atoms with Crippen molar-refractivity contribution in [3.8, 4) is 11.4 Å². The largest absolute Gasteiger partial charge is 0.490 e. The molecule has 6 rings (SSSR count). The molecule has 35 heavy (non-hydrogen) atoms. The number of rotatable bonds is 3. The minimum Gasteiger partial charge on any atom is -0.490 e. The minimum atomic E-state index is -0.986. The molecule has 4 aromatic rings. The first-order valence-corrected chi connectivity index (χ1v) is 12.3. The van der Waals surface area contributed by atoms with Gasteiger partial charge >= 0.3 is 6.09 Å². The molecule has 0 atom stereocenters. The molecule has 0 radical (unpaired) electrons. The Morgan fingerprint density at radius 1 is 0.943 bits per heavy atom. The molecular formula is C27H25ClN4O3. The number of halogens is 1. The lowest BCUT2D eigenvalue weighted by atomic mass is 9.86. The average Bonchev–Trinajstić information content (AvgIpc) is 3.20. The summed E-state index contributed by atoms with van der Waals surface area (Å²) in [6.07, 6.45) is 2.89. The smallest absolute Gasteiger partial charge is 0.408 e. The van der Waals surface area contributed by atoms with Crippen LogP contribution in [0.2, 0.25) is 5.02 Å². The van der Waals surface area contributed by atoms with Crippen LogP contribution in [0.4, 0.5) is 4.79 Å². The van der Waals surface area contributed by atoms with Crippen molar-refractivity contribution in [3.05, 3.63) is 82.9 Å². The highest BCUT2D eigenvalue weighted by Crippen LogP contribution is 2.37. The number of aromatic nitrogens is 3. The van der Waals surface area contributed by atoms with E-state index in [1.807, 2.05) is 41.0 Å². The Bertz CT molecular complexity index is 1410. The van der Waals surface area contributed by atoms with Crippen LogP contribution >= 0.6 is 11.6 Å². The summed E-state index contributed by atoms with van der Waals surface area (Å²) in [7, 11) is 0. The van der Waals surface area contributed by atoms with Gasteiger partial charge in [-0.2, -0.15) is 0 Å². The van der Waals surface area contributed by atoms with Crippen molar-refractivity contribution in [1.82, 2.24) is 19.7 Å². The van der Waals surface area contributed by atoms with Gasteiger partial charge in [0.15, 0.2) is 5.82 Å². The average molecular weight is 489 g/mol. The number of ether oxygens (including phenoxy) is 1. The third kappa shape index (κ3) is 4.21. The standard InChI is InChI=1S/C27H25ClN4O3/c28-21-8-12-24-20(13-21)15-31(27(33)34)16-25-29-30-26(32(24)25)18-6-9-22(10-7-18)35-23-11-5-17-3-1-2-4-19(17)14-23/h1-5,8,11-14,18,22H,6-7,9-10,15-16H2,(H,33,34). The summed E-state index contributed by atoms with van der Waals surface area (Å²) in [6, 6.07) is 20.2. The second-order valence-corrected chi connectivity index (χ2v) is 9.76. The zero-order chi connectivity index (χ0) is 23.9. The number of nitrogens with zero attached hydrogens (tertiary/aromatic N) is 4. The molecule has 8 heteroatoms. The summed E-state index contributed by atoms with van der Waals surface area (Å²) in [4.78, 5) is 13.1. The molecule has 2 aliphatic rings. The third-order valence-electron chi connectivity index (χ3n) is 7.06. The lowest BCUT2D eigenvalue weighted by Gasteiger charge is -2.29. The summed E-state index contributed by atoms with van der Waals surface area (Å²) in [5.41, 5.74) is 1.76. The molecule has 1 saturated carbocycles. The zero-order valence-electron chi connectivity index (χ0n) is 19.1. The third-order valence-corrected chi connectivity index (χ3v) is 7.30. The van der Waals surface area contributed by atoms with Gasteiger partial charge in [-0.25, -0.2) is 4.79 Å². The van der Waals surface area contributed by atoms with E-state index in [4.69, 9.17) is 16.3 Å². The number of hydrogen-bond acceptors (Lipinski definition) is 4. The summed E-state index contributed by atoms with van der Waals surface area (Å²) < 4.78 is 8.39. The van der Waals surface area contributed by atoms with Crippen LogP contribution in [-0.2, 0) is 13.1 Å². The van der Waals surface area contributed by atoms with Crippen molar-refractivity contribution < 1.29 is 14.6 Å². The predicted octanol–water partition coefficient (Wildman–Crippen LogP) is 6.17. The van der Waals surface area contributed by atoms with Crippen LogP contribution in [0, 0.1) is 0 Å². The molecular weight excluding hydrogens is 464 g/mol. The van der Waals surface area contributed by atoms with E-state index < -0.39 is 6.09 Å². The first-order chi connectivity index (χ1) is 17.0. The van der Waals surface area contributed by atoms with E-state index in [1.165, 1.54) is 15.7 Å². The molecule has 2 heterocycles. The van der Waals surface area contributed by atoms with Crippen LogP contribution < -0.4 is 4.74 Å². The number of fused-ring (bicyclic) bond motifs is 4. The highest BCUT2D eigenvalue weighted by atomic mass is 35.5. The van der Waals surface area contributed by atoms with Crippen LogP contribution in [-0.4, -0.2) is 37.0 Å². The summed E-state index contributed by atoms with van der Waals surface area (Å²) in [5.74, 6) is 2.66. The molecule has 1 aromatic heterocycles. The van der Waals surface area contributed by atoms with Gasteiger partial charge in [0.25, 0.3) is 0 Å². The lowest BCUT2D eigenvalue weighted by Crippen LogP contribution is -2.28. The fourth-order valence-corrected chi connectivity index (χ4v) is 5.49. The quantitative estimate of drug-likeness (QED) is 0.373. The van der Waals surface area contributed by atoms with E-state index in [1.54, 1.807) is 0 Å².